The molecule has 1 rings (SSSR count). The van der Waals surface area contributed by atoms with E-state index >= 15 is 0 Å². The summed E-state index contributed by atoms with van der Waals surface area (Å²) in [5, 5.41) is 0. The van der Waals surface area contributed by atoms with Crippen LogP contribution in [0, 0.1) is 17.8 Å². The molecule has 47 heavy (non-hydrogen) atoms. The fraction of sp³-hybridized carbons (Fsp3) is 0.952. The second kappa shape index (κ2) is 33.4. The van der Waals surface area contributed by atoms with Gasteiger partial charge in [-0.25, -0.2) is 0 Å². The first-order valence-corrected chi connectivity index (χ1v) is 20.5. The smallest absolute Gasteiger partial charge is 0.310 e. The number of unbranched alkanes of at least 4 members (excludes halogenated alkanes) is 16. The molecule has 5 nitrogen and oxygen atoms in total. The number of likely N-dealkylation sites (tertiary alicyclic amines) is 1. The van der Waals surface area contributed by atoms with Crippen LogP contribution in [0.2, 0.25) is 0 Å². The van der Waals surface area contributed by atoms with Gasteiger partial charge in [0.05, 0.1) is 19.1 Å². The molecular weight excluding hydrogens is 582 g/mol. The number of hydrogen-bond acceptors (Lipinski definition) is 5. The van der Waals surface area contributed by atoms with Crippen molar-refractivity contribution in [2.45, 2.75) is 208 Å². The van der Waals surface area contributed by atoms with Crippen molar-refractivity contribution >= 4 is 11.9 Å². The van der Waals surface area contributed by atoms with Gasteiger partial charge in [0.1, 0.15) is 0 Å². The van der Waals surface area contributed by atoms with Crippen LogP contribution in [0.15, 0.2) is 0 Å². The number of esters is 2. The topological polar surface area (TPSA) is 55.8 Å². The standard InChI is InChI=1S/C41H79NO4.CH4/c1-5-8-11-12-13-14-17-22-28-38(36-46-41(44)39-32-33-42(4)35-39)29-23-18-15-16-19-24-31-40(43)45-34-25-30-37(26-20-9-6-2)27-21-10-7-3;/h37-39H,5-36H2,1-4H3;1H4. The molecule has 0 amide bonds. The van der Waals surface area contributed by atoms with Crippen LogP contribution >= 0.6 is 0 Å². The summed E-state index contributed by atoms with van der Waals surface area (Å²) in [5.41, 5.74) is 0. The molecule has 5 heteroatoms. The minimum Gasteiger partial charge on any atom is -0.466 e. The molecule has 0 aromatic rings. The molecule has 1 aliphatic rings. The summed E-state index contributed by atoms with van der Waals surface area (Å²) < 4.78 is 11.5. The lowest BCUT2D eigenvalue weighted by atomic mass is 9.91. The Labute approximate surface area is 294 Å². The molecule has 1 saturated heterocycles. The van der Waals surface area contributed by atoms with Crippen LogP contribution < -0.4 is 0 Å². The molecule has 0 N–H and O–H groups in total. The van der Waals surface area contributed by atoms with E-state index in [0.29, 0.717) is 25.6 Å². The molecule has 1 aliphatic heterocycles. The average Bonchev–Trinajstić information content (AvgIpc) is 3.49. The summed E-state index contributed by atoms with van der Waals surface area (Å²) in [6.07, 6.45) is 34.4. The van der Waals surface area contributed by atoms with E-state index < -0.39 is 0 Å². The lowest BCUT2D eigenvalue weighted by Gasteiger charge is -2.19. The van der Waals surface area contributed by atoms with Gasteiger partial charge < -0.3 is 14.4 Å². The van der Waals surface area contributed by atoms with Crippen LogP contribution in [-0.4, -0.2) is 50.2 Å². The highest BCUT2D eigenvalue weighted by Crippen LogP contribution is 2.24. The molecule has 2 atom stereocenters. The van der Waals surface area contributed by atoms with Crippen molar-refractivity contribution < 1.29 is 19.1 Å². The van der Waals surface area contributed by atoms with Crippen LogP contribution in [0.5, 0.6) is 0 Å². The zero-order chi connectivity index (χ0) is 33.5. The number of ether oxygens (including phenoxy) is 2. The first kappa shape index (κ1) is 45.9. The number of nitrogens with zero attached hydrogens (tertiary/aromatic N) is 1. The Hall–Kier alpha value is -1.10. The summed E-state index contributed by atoms with van der Waals surface area (Å²) in [6, 6.07) is 0. The third kappa shape index (κ3) is 27.4. The number of hydrogen-bond donors (Lipinski definition) is 0. The first-order chi connectivity index (χ1) is 22.5. The maximum absolute atomic E-state index is 12.6. The fourth-order valence-electron chi connectivity index (χ4n) is 7.16. The van der Waals surface area contributed by atoms with Crippen molar-refractivity contribution in [3.8, 4) is 0 Å². The van der Waals surface area contributed by atoms with Crippen molar-refractivity contribution in [1.82, 2.24) is 4.90 Å². The van der Waals surface area contributed by atoms with E-state index in [1.165, 1.54) is 148 Å². The Kier molecular flexibility index (Phi) is 32.6. The summed E-state index contributed by atoms with van der Waals surface area (Å²) >= 11 is 0. The largest absolute Gasteiger partial charge is 0.466 e. The van der Waals surface area contributed by atoms with Gasteiger partial charge in [0.15, 0.2) is 0 Å². The third-order valence-electron chi connectivity index (χ3n) is 10.3. The summed E-state index contributed by atoms with van der Waals surface area (Å²) in [6.45, 7) is 9.89. The molecular formula is C42H83NO4. The highest BCUT2D eigenvalue weighted by Gasteiger charge is 2.28. The molecule has 0 spiro atoms. The van der Waals surface area contributed by atoms with E-state index in [0.717, 1.165) is 44.7 Å². The quantitative estimate of drug-likeness (QED) is 0.0516. The molecule has 0 saturated carbocycles. The maximum Gasteiger partial charge on any atom is 0.310 e. The van der Waals surface area contributed by atoms with E-state index in [-0.39, 0.29) is 25.3 Å². The third-order valence-corrected chi connectivity index (χ3v) is 10.3. The molecule has 0 radical (unpaired) electrons. The minimum atomic E-state index is -0.00360. The van der Waals surface area contributed by atoms with Crippen LogP contribution in [0.3, 0.4) is 0 Å². The molecule has 280 valence electrons. The molecule has 0 aromatic heterocycles. The lowest BCUT2D eigenvalue weighted by Crippen LogP contribution is -2.24. The Bertz CT molecular complexity index is 688. The first-order valence-electron chi connectivity index (χ1n) is 20.5. The molecule has 2 unspecified atom stereocenters. The Morgan fingerprint density at radius 3 is 1.57 bits per heavy atom. The van der Waals surface area contributed by atoms with Crippen LogP contribution in [0.1, 0.15) is 208 Å². The van der Waals surface area contributed by atoms with Gasteiger partial charge in [-0.3, -0.25) is 9.59 Å². The van der Waals surface area contributed by atoms with Crippen molar-refractivity contribution in [3.05, 3.63) is 0 Å². The van der Waals surface area contributed by atoms with Crippen LogP contribution in [-0.2, 0) is 19.1 Å². The van der Waals surface area contributed by atoms with E-state index in [2.05, 4.69) is 32.7 Å². The highest BCUT2D eigenvalue weighted by atomic mass is 16.5. The van der Waals surface area contributed by atoms with Gasteiger partial charge in [-0.15, -0.1) is 0 Å². The van der Waals surface area contributed by atoms with Gasteiger partial charge >= 0.3 is 11.9 Å². The SMILES string of the molecule is C.CCCCCCCCCCC(CCCCCCCCC(=O)OCCCC(CCCCC)CCCCC)COC(=O)C1CCN(C)C1. The second-order valence-electron chi connectivity index (χ2n) is 14.9. The molecule has 0 aliphatic carbocycles. The molecule has 1 fully saturated rings. The fourth-order valence-corrected chi connectivity index (χ4v) is 7.16. The van der Waals surface area contributed by atoms with Crippen molar-refractivity contribution in [2.75, 3.05) is 33.4 Å². The predicted molar refractivity (Wildman–Crippen MR) is 203 cm³/mol. The Morgan fingerprint density at radius 1 is 0.596 bits per heavy atom. The van der Waals surface area contributed by atoms with E-state index in [1.807, 2.05) is 0 Å². The maximum atomic E-state index is 12.6. The van der Waals surface area contributed by atoms with Crippen molar-refractivity contribution in [2.24, 2.45) is 17.8 Å². The normalized spacial score (nSPS) is 15.6. The molecule has 0 bridgehead atoms. The highest BCUT2D eigenvalue weighted by molar-refractivity contribution is 5.73. The van der Waals surface area contributed by atoms with Gasteiger partial charge in [-0.2, -0.15) is 0 Å². The summed E-state index contributed by atoms with van der Waals surface area (Å²) in [4.78, 5) is 27.1. The van der Waals surface area contributed by atoms with Crippen molar-refractivity contribution in [1.29, 1.82) is 0 Å². The Balaban J connectivity index is 0.0000212. The molecule has 0 aromatic carbocycles. The predicted octanol–water partition coefficient (Wildman–Crippen LogP) is 12.5. The zero-order valence-corrected chi connectivity index (χ0v) is 31.4. The van der Waals surface area contributed by atoms with Gasteiger partial charge in [-0.05, 0) is 64.0 Å². The lowest BCUT2D eigenvalue weighted by molar-refractivity contribution is -0.149. The Morgan fingerprint density at radius 2 is 1.04 bits per heavy atom. The minimum absolute atomic E-state index is 0. The van der Waals surface area contributed by atoms with Gasteiger partial charge in [0, 0.05) is 13.0 Å². The van der Waals surface area contributed by atoms with Gasteiger partial charge in [0.25, 0.3) is 0 Å². The van der Waals surface area contributed by atoms with Crippen LogP contribution in [0.25, 0.3) is 0 Å². The summed E-state index contributed by atoms with van der Waals surface area (Å²) in [5.74, 6) is 1.40. The number of carbonyl (C=O) groups is 2. The zero-order valence-electron chi connectivity index (χ0n) is 31.4. The number of carbonyl (C=O) groups excluding carboxylic acids is 2. The second-order valence-corrected chi connectivity index (χ2v) is 14.9. The average molecular weight is 666 g/mol. The van der Waals surface area contributed by atoms with E-state index in [9.17, 15) is 9.59 Å². The van der Waals surface area contributed by atoms with Gasteiger partial charge in [-0.1, -0.05) is 163 Å². The van der Waals surface area contributed by atoms with Crippen LogP contribution in [0.4, 0.5) is 0 Å². The monoisotopic (exact) mass is 666 g/mol. The molecule has 1 heterocycles. The van der Waals surface area contributed by atoms with E-state index in [1.54, 1.807) is 0 Å². The van der Waals surface area contributed by atoms with Gasteiger partial charge in [0.2, 0.25) is 0 Å². The van der Waals surface area contributed by atoms with E-state index in [4.69, 9.17) is 9.47 Å². The van der Waals surface area contributed by atoms with Crippen molar-refractivity contribution in [3.63, 3.8) is 0 Å². The summed E-state index contributed by atoms with van der Waals surface area (Å²) in [7, 11) is 2.09. The number of rotatable bonds is 33.